The first-order chi connectivity index (χ1) is 9.70. The van der Waals surface area contributed by atoms with Gasteiger partial charge in [0.25, 0.3) is 0 Å². The number of pyridine rings is 1. The van der Waals surface area contributed by atoms with E-state index in [1.165, 1.54) is 6.33 Å². The van der Waals surface area contributed by atoms with E-state index in [1.54, 1.807) is 31.6 Å². The zero-order chi connectivity index (χ0) is 14.4. The van der Waals surface area contributed by atoms with Crippen molar-refractivity contribution in [2.45, 2.75) is 13.0 Å². The molecule has 0 aliphatic heterocycles. The zero-order valence-electron chi connectivity index (χ0n) is 11.4. The fraction of sp³-hybridized carbons (Fsp3) is 0.308. The van der Waals surface area contributed by atoms with Gasteiger partial charge in [-0.1, -0.05) is 0 Å². The highest BCUT2D eigenvalue weighted by Crippen LogP contribution is 2.28. The molecule has 0 fully saturated rings. The average molecular weight is 275 g/mol. The molecule has 0 aliphatic rings. The maximum absolute atomic E-state index is 6.00. The average Bonchev–Trinajstić information content (AvgIpc) is 2.45. The minimum Gasteiger partial charge on any atom is -0.435 e. The lowest BCUT2D eigenvalue weighted by molar-refractivity contribution is 0.190. The third-order valence-electron chi connectivity index (χ3n) is 2.50. The van der Waals surface area contributed by atoms with Crippen molar-refractivity contribution in [1.29, 1.82) is 0 Å². The van der Waals surface area contributed by atoms with E-state index in [0.717, 1.165) is 0 Å². The molecular weight excluding hydrogens is 258 g/mol. The maximum atomic E-state index is 6.00. The van der Waals surface area contributed by atoms with Crippen molar-refractivity contribution < 1.29 is 9.47 Å². The van der Waals surface area contributed by atoms with Crippen LogP contribution in [0.3, 0.4) is 0 Å². The number of anilines is 2. The van der Waals surface area contributed by atoms with Crippen LogP contribution in [0.4, 0.5) is 11.5 Å². The molecule has 2 heterocycles. The Balaban J connectivity index is 2.15. The molecule has 1 atom stereocenters. The van der Waals surface area contributed by atoms with E-state index in [9.17, 15) is 0 Å². The second-order valence-corrected chi connectivity index (χ2v) is 4.23. The van der Waals surface area contributed by atoms with E-state index < -0.39 is 0 Å². The van der Waals surface area contributed by atoms with Gasteiger partial charge in [-0.3, -0.25) is 4.98 Å². The largest absolute Gasteiger partial charge is 0.435 e. The molecule has 0 aliphatic carbocycles. The lowest BCUT2D eigenvalue weighted by Crippen LogP contribution is -2.22. The molecule has 1 unspecified atom stereocenters. The lowest BCUT2D eigenvalue weighted by Gasteiger charge is -2.16. The number of nitrogens with zero attached hydrogens (tertiary/aromatic N) is 3. The van der Waals surface area contributed by atoms with Gasteiger partial charge in [0.05, 0.1) is 12.8 Å². The molecule has 0 spiro atoms. The van der Waals surface area contributed by atoms with Crippen LogP contribution in [0.25, 0.3) is 0 Å². The van der Waals surface area contributed by atoms with Crippen molar-refractivity contribution in [2.24, 2.45) is 0 Å². The van der Waals surface area contributed by atoms with Crippen LogP contribution in [-0.2, 0) is 4.74 Å². The van der Waals surface area contributed by atoms with Gasteiger partial charge in [-0.05, 0) is 19.1 Å². The summed E-state index contributed by atoms with van der Waals surface area (Å²) in [4.78, 5) is 12.1. The van der Waals surface area contributed by atoms with Gasteiger partial charge in [0.2, 0.25) is 5.88 Å². The minimum atomic E-state index is 0.0726. The summed E-state index contributed by atoms with van der Waals surface area (Å²) in [6.07, 6.45) is 4.64. The number of nitrogens with two attached hydrogens (primary N) is 1. The summed E-state index contributed by atoms with van der Waals surface area (Å²) in [5.74, 6) is 1.37. The molecule has 3 N–H and O–H groups in total. The molecule has 2 aromatic rings. The topological polar surface area (TPSA) is 95.2 Å². The smallest absolute Gasteiger partial charge is 0.248 e. The first-order valence-electron chi connectivity index (χ1n) is 6.14. The van der Waals surface area contributed by atoms with Crippen molar-refractivity contribution in [2.75, 3.05) is 24.8 Å². The van der Waals surface area contributed by atoms with Gasteiger partial charge in [-0.2, -0.15) is 4.98 Å². The minimum absolute atomic E-state index is 0.0726. The van der Waals surface area contributed by atoms with Crippen LogP contribution < -0.4 is 15.8 Å². The number of methoxy groups -OCH3 is 1. The SMILES string of the molecule is COCC(C)Nc1ncnc(Oc2cccnc2)c1N. The van der Waals surface area contributed by atoms with Crippen LogP contribution >= 0.6 is 0 Å². The van der Waals surface area contributed by atoms with Crippen LogP contribution in [-0.4, -0.2) is 34.7 Å². The number of rotatable bonds is 6. The number of hydrogen-bond donors (Lipinski definition) is 2. The van der Waals surface area contributed by atoms with Gasteiger partial charge in [-0.25, -0.2) is 4.98 Å². The van der Waals surface area contributed by atoms with E-state index in [0.29, 0.717) is 29.7 Å². The quantitative estimate of drug-likeness (QED) is 0.828. The van der Waals surface area contributed by atoms with Crippen molar-refractivity contribution in [1.82, 2.24) is 15.0 Å². The fourth-order valence-corrected chi connectivity index (χ4v) is 1.62. The molecule has 106 valence electrons. The van der Waals surface area contributed by atoms with Gasteiger partial charge in [0.15, 0.2) is 5.82 Å². The Kier molecular flexibility index (Phi) is 4.67. The molecule has 0 saturated heterocycles. The summed E-state index contributed by atoms with van der Waals surface area (Å²) in [5.41, 5.74) is 6.35. The monoisotopic (exact) mass is 275 g/mol. The molecule has 0 bridgehead atoms. The Bertz CT molecular complexity index is 550. The summed E-state index contributed by atoms with van der Waals surface area (Å²) < 4.78 is 10.6. The van der Waals surface area contributed by atoms with Gasteiger partial charge in [0, 0.05) is 19.3 Å². The molecular formula is C13H17N5O2. The maximum Gasteiger partial charge on any atom is 0.248 e. The van der Waals surface area contributed by atoms with Crippen molar-refractivity contribution in [3.05, 3.63) is 30.9 Å². The molecule has 0 aromatic carbocycles. The van der Waals surface area contributed by atoms with E-state index in [-0.39, 0.29) is 6.04 Å². The van der Waals surface area contributed by atoms with E-state index in [1.807, 2.05) is 6.92 Å². The molecule has 2 aromatic heterocycles. The summed E-state index contributed by atoms with van der Waals surface area (Å²) in [6, 6.07) is 3.62. The Morgan fingerprint density at radius 1 is 1.40 bits per heavy atom. The van der Waals surface area contributed by atoms with Crippen LogP contribution in [0, 0.1) is 0 Å². The van der Waals surface area contributed by atoms with Crippen LogP contribution in [0.2, 0.25) is 0 Å². The predicted octanol–water partition coefficient (Wildman–Crippen LogP) is 1.69. The highest BCUT2D eigenvalue weighted by Gasteiger charge is 2.12. The summed E-state index contributed by atoms with van der Waals surface area (Å²) in [6.45, 7) is 2.51. The summed E-state index contributed by atoms with van der Waals surface area (Å²) in [5, 5.41) is 3.14. The lowest BCUT2D eigenvalue weighted by atomic mass is 10.3. The van der Waals surface area contributed by atoms with Gasteiger partial charge in [-0.15, -0.1) is 0 Å². The summed E-state index contributed by atoms with van der Waals surface area (Å²) in [7, 11) is 1.64. The first kappa shape index (κ1) is 14.0. The Hall–Kier alpha value is -2.41. The van der Waals surface area contributed by atoms with E-state index in [4.69, 9.17) is 15.2 Å². The van der Waals surface area contributed by atoms with Gasteiger partial charge >= 0.3 is 0 Å². The normalized spacial score (nSPS) is 11.9. The molecule has 20 heavy (non-hydrogen) atoms. The predicted molar refractivity (Wildman–Crippen MR) is 75.7 cm³/mol. The van der Waals surface area contributed by atoms with Crippen molar-refractivity contribution in [3.8, 4) is 11.6 Å². The fourth-order valence-electron chi connectivity index (χ4n) is 1.62. The third kappa shape index (κ3) is 3.55. The van der Waals surface area contributed by atoms with Gasteiger partial charge < -0.3 is 20.5 Å². The highest BCUT2D eigenvalue weighted by atomic mass is 16.5. The Labute approximate surface area is 117 Å². The second kappa shape index (κ2) is 6.67. The Morgan fingerprint density at radius 2 is 2.25 bits per heavy atom. The van der Waals surface area contributed by atoms with Crippen molar-refractivity contribution >= 4 is 11.5 Å². The molecule has 2 rings (SSSR count). The summed E-state index contributed by atoms with van der Waals surface area (Å²) >= 11 is 0. The van der Waals surface area contributed by atoms with Crippen LogP contribution in [0.1, 0.15) is 6.92 Å². The Morgan fingerprint density at radius 3 is 2.95 bits per heavy atom. The molecule has 0 radical (unpaired) electrons. The molecule has 0 saturated carbocycles. The number of ether oxygens (including phenoxy) is 2. The highest BCUT2D eigenvalue weighted by molar-refractivity contribution is 5.67. The standard InChI is InChI=1S/C13H17N5O2/c1-9(7-19-2)18-12-11(14)13(17-8-16-12)20-10-4-3-5-15-6-10/h3-6,8-9H,7,14H2,1-2H3,(H,16,17,18). The zero-order valence-corrected chi connectivity index (χ0v) is 11.4. The van der Waals surface area contributed by atoms with Gasteiger partial charge in [0.1, 0.15) is 17.8 Å². The second-order valence-electron chi connectivity index (χ2n) is 4.23. The number of aromatic nitrogens is 3. The van der Waals surface area contributed by atoms with Crippen molar-refractivity contribution in [3.63, 3.8) is 0 Å². The molecule has 7 nitrogen and oxygen atoms in total. The van der Waals surface area contributed by atoms with E-state index in [2.05, 4.69) is 20.3 Å². The van der Waals surface area contributed by atoms with Crippen LogP contribution in [0.5, 0.6) is 11.6 Å². The third-order valence-corrected chi connectivity index (χ3v) is 2.50. The van der Waals surface area contributed by atoms with Crippen LogP contribution in [0.15, 0.2) is 30.9 Å². The molecule has 0 amide bonds. The number of hydrogen-bond acceptors (Lipinski definition) is 7. The molecule has 7 heteroatoms. The first-order valence-corrected chi connectivity index (χ1v) is 6.14. The van der Waals surface area contributed by atoms with E-state index >= 15 is 0 Å². The number of nitrogens with one attached hydrogen (secondary N) is 1. The number of nitrogen functional groups attached to an aromatic ring is 1.